The predicted octanol–water partition coefficient (Wildman–Crippen LogP) is 1.64. The maximum Gasteiger partial charge on any atom is 0.257 e. The lowest BCUT2D eigenvalue weighted by molar-refractivity contribution is 0.0711. The second kappa shape index (κ2) is 5.16. The molecule has 1 saturated heterocycles. The van der Waals surface area contributed by atoms with Crippen molar-refractivity contribution >= 4 is 29.1 Å². The van der Waals surface area contributed by atoms with E-state index in [0.717, 1.165) is 6.42 Å². The lowest BCUT2D eigenvalue weighted by Gasteiger charge is -2.23. The minimum atomic E-state index is -0.220. The van der Waals surface area contributed by atoms with E-state index in [1.807, 2.05) is 0 Å². The number of hydrogen-bond donors (Lipinski definition) is 0. The first-order chi connectivity index (χ1) is 8.09. The number of nitrogens with zero attached hydrogens (tertiary/aromatic N) is 3. The number of aromatic nitrogens is 2. The summed E-state index contributed by atoms with van der Waals surface area (Å²) in [4.78, 5) is 13.8. The summed E-state index contributed by atoms with van der Waals surface area (Å²) in [7, 11) is 1.71. The topological polar surface area (TPSA) is 55.3 Å². The third-order valence-corrected chi connectivity index (χ3v) is 3.19. The molecule has 2 heterocycles. The van der Waals surface area contributed by atoms with E-state index < -0.39 is 0 Å². The zero-order valence-electron chi connectivity index (χ0n) is 9.19. The van der Waals surface area contributed by atoms with Crippen LogP contribution in [0.3, 0.4) is 0 Å². The van der Waals surface area contributed by atoms with Gasteiger partial charge in [-0.15, -0.1) is 10.2 Å². The monoisotopic (exact) mass is 275 g/mol. The summed E-state index contributed by atoms with van der Waals surface area (Å²) in [6.45, 7) is 1.22. The van der Waals surface area contributed by atoms with Crippen LogP contribution in [0.15, 0.2) is 6.07 Å². The van der Waals surface area contributed by atoms with E-state index >= 15 is 0 Å². The summed E-state index contributed by atoms with van der Waals surface area (Å²) < 4.78 is 5.24. The summed E-state index contributed by atoms with van der Waals surface area (Å²) in [5.41, 5.74) is 0.265. The molecule has 1 fully saturated rings. The van der Waals surface area contributed by atoms with E-state index in [0.29, 0.717) is 13.2 Å². The average molecular weight is 276 g/mol. The van der Waals surface area contributed by atoms with Crippen LogP contribution in [0, 0.1) is 0 Å². The van der Waals surface area contributed by atoms with Crippen molar-refractivity contribution < 1.29 is 9.53 Å². The van der Waals surface area contributed by atoms with Crippen LogP contribution < -0.4 is 0 Å². The Morgan fingerprint density at radius 2 is 2.29 bits per heavy atom. The van der Waals surface area contributed by atoms with Crippen LogP contribution in [0.1, 0.15) is 16.8 Å². The highest BCUT2D eigenvalue weighted by atomic mass is 35.5. The van der Waals surface area contributed by atoms with Gasteiger partial charge in [0, 0.05) is 13.7 Å². The number of likely N-dealkylation sites (N-methyl/N-ethyl adjacent to an activating group) is 1. The Kier molecular flexibility index (Phi) is 3.81. The van der Waals surface area contributed by atoms with Gasteiger partial charge >= 0.3 is 0 Å². The van der Waals surface area contributed by atoms with Crippen molar-refractivity contribution in [3.05, 3.63) is 21.9 Å². The quantitative estimate of drug-likeness (QED) is 0.824. The van der Waals surface area contributed by atoms with Crippen LogP contribution in [0.2, 0.25) is 10.3 Å². The zero-order valence-corrected chi connectivity index (χ0v) is 10.7. The van der Waals surface area contributed by atoms with Crippen LogP contribution in [-0.2, 0) is 4.74 Å². The summed E-state index contributed by atoms with van der Waals surface area (Å²) in [5.74, 6) is -0.220. The molecule has 0 bridgehead atoms. The summed E-state index contributed by atoms with van der Waals surface area (Å²) in [5, 5.41) is 7.39. The molecule has 0 saturated carbocycles. The first-order valence-corrected chi connectivity index (χ1v) is 5.89. The second-order valence-corrected chi connectivity index (χ2v) is 4.55. The minimum Gasteiger partial charge on any atom is -0.379 e. The van der Waals surface area contributed by atoms with Crippen LogP contribution in [0.4, 0.5) is 0 Å². The van der Waals surface area contributed by atoms with Crippen molar-refractivity contribution in [2.75, 3.05) is 20.3 Å². The largest absolute Gasteiger partial charge is 0.379 e. The van der Waals surface area contributed by atoms with Gasteiger partial charge in [-0.2, -0.15) is 0 Å². The molecule has 1 aromatic rings. The highest BCUT2D eigenvalue weighted by Crippen LogP contribution is 2.20. The number of amides is 1. The van der Waals surface area contributed by atoms with E-state index in [2.05, 4.69) is 10.2 Å². The lowest BCUT2D eigenvalue weighted by atomic mass is 10.2. The minimum absolute atomic E-state index is 0.0603. The normalized spacial score (nSPS) is 19.4. The molecule has 7 heteroatoms. The molecule has 0 aromatic carbocycles. The Morgan fingerprint density at radius 3 is 2.94 bits per heavy atom. The predicted molar refractivity (Wildman–Crippen MR) is 63.4 cm³/mol. The highest BCUT2D eigenvalue weighted by molar-refractivity contribution is 6.34. The van der Waals surface area contributed by atoms with Crippen molar-refractivity contribution in [1.29, 1.82) is 0 Å². The van der Waals surface area contributed by atoms with Crippen molar-refractivity contribution in [3.8, 4) is 0 Å². The van der Waals surface area contributed by atoms with Gasteiger partial charge in [0.05, 0.1) is 18.2 Å². The number of hydrogen-bond acceptors (Lipinski definition) is 4. The second-order valence-electron chi connectivity index (χ2n) is 3.81. The maximum absolute atomic E-state index is 12.2. The highest BCUT2D eigenvalue weighted by Gasteiger charge is 2.26. The molecule has 17 heavy (non-hydrogen) atoms. The van der Waals surface area contributed by atoms with E-state index in [-0.39, 0.29) is 27.8 Å². The Hall–Kier alpha value is -0.910. The van der Waals surface area contributed by atoms with Gasteiger partial charge in [0.15, 0.2) is 10.3 Å². The number of carbonyl (C=O) groups is 1. The summed E-state index contributed by atoms with van der Waals surface area (Å²) in [6, 6.07) is 1.50. The zero-order chi connectivity index (χ0) is 12.4. The van der Waals surface area contributed by atoms with Crippen LogP contribution in [0.5, 0.6) is 0 Å². The lowest BCUT2D eigenvalue weighted by Crippen LogP contribution is -2.37. The van der Waals surface area contributed by atoms with Gasteiger partial charge < -0.3 is 9.64 Å². The van der Waals surface area contributed by atoms with Gasteiger partial charge in [-0.1, -0.05) is 23.2 Å². The van der Waals surface area contributed by atoms with Crippen molar-refractivity contribution in [1.82, 2.24) is 15.1 Å². The van der Waals surface area contributed by atoms with Crippen molar-refractivity contribution in [2.45, 2.75) is 12.5 Å². The molecule has 92 valence electrons. The van der Waals surface area contributed by atoms with Crippen LogP contribution in [0.25, 0.3) is 0 Å². The molecule has 1 aliphatic heterocycles. The molecule has 1 aliphatic rings. The number of halogens is 2. The van der Waals surface area contributed by atoms with Gasteiger partial charge in [0.1, 0.15) is 0 Å². The van der Waals surface area contributed by atoms with E-state index in [4.69, 9.17) is 27.9 Å². The summed E-state index contributed by atoms with van der Waals surface area (Å²) in [6.07, 6.45) is 0.825. The van der Waals surface area contributed by atoms with E-state index in [1.54, 1.807) is 11.9 Å². The van der Waals surface area contributed by atoms with E-state index in [1.165, 1.54) is 6.07 Å². The van der Waals surface area contributed by atoms with Gasteiger partial charge in [-0.25, -0.2) is 0 Å². The third kappa shape index (κ3) is 2.68. The molecule has 1 unspecified atom stereocenters. The molecular weight excluding hydrogens is 265 g/mol. The Balaban J connectivity index is 2.20. The fraction of sp³-hybridized carbons (Fsp3) is 0.500. The molecule has 2 rings (SSSR count). The molecule has 1 aromatic heterocycles. The van der Waals surface area contributed by atoms with Crippen molar-refractivity contribution in [2.24, 2.45) is 0 Å². The molecule has 1 atom stereocenters. The SMILES string of the molecule is CN(C(=O)c1cc(Cl)nnc1Cl)C1CCOC1. The van der Waals surface area contributed by atoms with Gasteiger partial charge in [-0.05, 0) is 12.5 Å². The van der Waals surface area contributed by atoms with Crippen LogP contribution in [-0.4, -0.2) is 47.3 Å². The fourth-order valence-corrected chi connectivity index (χ4v) is 2.01. The number of ether oxygens (including phenoxy) is 1. The first-order valence-electron chi connectivity index (χ1n) is 5.13. The fourth-order valence-electron chi connectivity index (χ4n) is 1.69. The van der Waals surface area contributed by atoms with Gasteiger partial charge in [0.2, 0.25) is 0 Å². The maximum atomic E-state index is 12.2. The Bertz CT molecular complexity index is 436. The Labute approximate surface area is 109 Å². The average Bonchev–Trinajstić information content (AvgIpc) is 2.84. The van der Waals surface area contributed by atoms with Gasteiger partial charge in [0.25, 0.3) is 5.91 Å². The Morgan fingerprint density at radius 1 is 1.53 bits per heavy atom. The van der Waals surface area contributed by atoms with Crippen molar-refractivity contribution in [3.63, 3.8) is 0 Å². The first kappa shape index (κ1) is 12.5. The third-order valence-electron chi connectivity index (χ3n) is 2.72. The standard InChI is InChI=1S/C10H11Cl2N3O2/c1-15(6-2-3-17-5-6)10(16)7-4-8(11)13-14-9(7)12/h4,6H,2-3,5H2,1H3. The number of rotatable bonds is 2. The smallest absolute Gasteiger partial charge is 0.257 e. The molecule has 5 nitrogen and oxygen atoms in total. The molecule has 0 radical (unpaired) electrons. The molecule has 0 aliphatic carbocycles. The van der Waals surface area contributed by atoms with Crippen LogP contribution >= 0.6 is 23.2 Å². The summed E-state index contributed by atoms with van der Waals surface area (Å²) >= 11 is 11.5. The molecule has 0 N–H and O–H groups in total. The van der Waals surface area contributed by atoms with E-state index in [9.17, 15) is 4.79 Å². The molecular formula is C10H11Cl2N3O2. The number of carbonyl (C=O) groups excluding carboxylic acids is 1. The molecule has 1 amide bonds. The van der Waals surface area contributed by atoms with Gasteiger partial charge in [-0.3, -0.25) is 4.79 Å². The molecule has 0 spiro atoms.